The van der Waals surface area contributed by atoms with Crippen molar-refractivity contribution in [1.82, 2.24) is 0 Å². The fraction of sp³-hybridized carbons (Fsp3) is 0.400. The number of benzene rings is 1. The van der Waals surface area contributed by atoms with Crippen molar-refractivity contribution in [2.24, 2.45) is 5.73 Å². The number of alkyl halides is 3. The van der Waals surface area contributed by atoms with Gasteiger partial charge in [0.05, 0.1) is 5.56 Å². The summed E-state index contributed by atoms with van der Waals surface area (Å²) in [5, 5.41) is 0. The number of hydrogen-bond acceptors (Lipinski definition) is 1. The van der Waals surface area contributed by atoms with Crippen LogP contribution in [0.4, 0.5) is 13.2 Å². The summed E-state index contributed by atoms with van der Waals surface area (Å²) in [5.74, 6) is 0. The van der Waals surface area contributed by atoms with Gasteiger partial charge in [0.1, 0.15) is 0 Å². The van der Waals surface area contributed by atoms with Crippen molar-refractivity contribution in [3.05, 3.63) is 33.8 Å². The van der Waals surface area contributed by atoms with Crippen LogP contribution < -0.4 is 5.73 Å². The Labute approximate surface area is 94.6 Å². The van der Waals surface area contributed by atoms with E-state index in [9.17, 15) is 13.2 Å². The summed E-state index contributed by atoms with van der Waals surface area (Å²) in [6, 6.07) is 3.69. The first-order chi connectivity index (χ1) is 6.95. The van der Waals surface area contributed by atoms with Crippen LogP contribution in [0.3, 0.4) is 0 Å². The average Bonchev–Trinajstić information content (AvgIpc) is 2.14. The maximum absolute atomic E-state index is 12.3. The first kappa shape index (κ1) is 12.5. The topological polar surface area (TPSA) is 26.0 Å². The largest absolute Gasteiger partial charge is 0.416 e. The molecule has 0 aliphatic carbocycles. The SMILES string of the molecule is NCCCc1ccc(C(F)(F)F)cc1Br. The van der Waals surface area contributed by atoms with Crippen molar-refractivity contribution in [3.8, 4) is 0 Å². The van der Waals surface area contributed by atoms with Gasteiger partial charge in [-0.2, -0.15) is 13.2 Å². The Morgan fingerprint density at radius 1 is 1.27 bits per heavy atom. The summed E-state index contributed by atoms with van der Waals surface area (Å²) < 4.78 is 37.4. The van der Waals surface area contributed by atoms with Crippen molar-refractivity contribution < 1.29 is 13.2 Å². The van der Waals surface area contributed by atoms with Crippen LogP contribution in [0, 0.1) is 0 Å². The molecule has 0 atom stereocenters. The Hall–Kier alpha value is -0.550. The van der Waals surface area contributed by atoms with E-state index in [-0.39, 0.29) is 0 Å². The molecule has 1 aromatic carbocycles. The van der Waals surface area contributed by atoms with Crippen LogP contribution in [0.25, 0.3) is 0 Å². The Bertz CT molecular complexity index is 336. The van der Waals surface area contributed by atoms with Crippen LogP contribution in [0.2, 0.25) is 0 Å². The standard InChI is InChI=1S/C10H11BrF3N/c11-9-6-8(10(12,13)14)4-3-7(9)2-1-5-15/h3-4,6H,1-2,5,15H2. The molecule has 5 heteroatoms. The highest BCUT2D eigenvalue weighted by Crippen LogP contribution is 2.32. The van der Waals surface area contributed by atoms with Gasteiger partial charge in [0, 0.05) is 4.47 Å². The van der Waals surface area contributed by atoms with Gasteiger partial charge in [-0.15, -0.1) is 0 Å². The zero-order chi connectivity index (χ0) is 11.5. The molecule has 0 amide bonds. The molecule has 0 radical (unpaired) electrons. The predicted molar refractivity (Wildman–Crippen MR) is 56.5 cm³/mol. The molecule has 0 bridgehead atoms. The monoisotopic (exact) mass is 281 g/mol. The number of aryl methyl sites for hydroxylation is 1. The molecule has 1 aromatic rings. The van der Waals surface area contributed by atoms with Crippen LogP contribution in [0.5, 0.6) is 0 Å². The Morgan fingerprint density at radius 3 is 2.40 bits per heavy atom. The van der Waals surface area contributed by atoms with Crippen molar-refractivity contribution in [1.29, 1.82) is 0 Å². The highest BCUT2D eigenvalue weighted by molar-refractivity contribution is 9.10. The molecule has 0 spiro atoms. The quantitative estimate of drug-likeness (QED) is 0.903. The van der Waals surface area contributed by atoms with Crippen molar-refractivity contribution in [2.45, 2.75) is 19.0 Å². The minimum absolute atomic E-state index is 0.491. The summed E-state index contributed by atoms with van der Waals surface area (Å²) in [6.07, 6.45) is -2.83. The Morgan fingerprint density at radius 2 is 1.93 bits per heavy atom. The lowest BCUT2D eigenvalue weighted by Crippen LogP contribution is -2.06. The van der Waals surface area contributed by atoms with Crippen LogP contribution in [0.1, 0.15) is 17.5 Å². The third kappa shape index (κ3) is 3.50. The van der Waals surface area contributed by atoms with E-state index in [1.54, 1.807) is 0 Å². The fourth-order valence-corrected chi connectivity index (χ4v) is 1.80. The zero-order valence-electron chi connectivity index (χ0n) is 7.94. The molecule has 0 aliphatic rings. The number of nitrogens with two attached hydrogens (primary N) is 1. The molecule has 0 fully saturated rings. The highest BCUT2D eigenvalue weighted by Gasteiger charge is 2.30. The van der Waals surface area contributed by atoms with Gasteiger partial charge in [-0.25, -0.2) is 0 Å². The maximum atomic E-state index is 12.3. The van der Waals surface area contributed by atoms with Gasteiger partial charge < -0.3 is 5.73 Å². The molecule has 2 N–H and O–H groups in total. The van der Waals surface area contributed by atoms with Gasteiger partial charge in [0.25, 0.3) is 0 Å². The summed E-state index contributed by atoms with van der Waals surface area (Å²) in [5.41, 5.74) is 5.55. The summed E-state index contributed by atoms with van der Waals surface area (Å²) in [4.78, 5) is 0. The van der Waals surface area contributed by atoms with Crippen LogP contribution in [-0.2, 0) is 12.6 Å². The lowest BCUT2D eigenvalue weighted by atomic mass is 10.1. The highest BCUT2D eigenvalue weighted by atomic mass is 79.9. The Balaban J connectivity index is 2.88. The summed E-state index contributed by atoms with van der Waals surface area (Å²) in [6.45, 7) is 0.535. The van der Waals surface area contributed by atoms with E-state index >= 15 is 0 Å². The van der Waals surface area contributed by atoms with Crippen molar-refractivity contribution in [2.75, 3.05) is 6.54 Å². The molecule has 0 aliphatic heterocycles. The van der Waals surface area contributed by atoms with Gasteiger partial charge in [-0.1, -0.05) is 22.0 Å². The fourth-order valence-electron chi connectivity index (χ4n) is 1.22. The number of hydrogen-bond donors (Lipinski definition) is 1. The van der Waals surface area contributed by atoms with Gasteiger partial charge in [-0.3, -0.25) is 0 Å². The third-order valence-electron chi connectivity index (χ3n) is 2.03. The minimum atomic E-state index is -4.28. The smallest absolute Gasteiger partial charge is 0.330 e. The lowest BCUT2D eigenvalue weighted by Gasteiger charge is -2.09. The minimum Gasteiger partial charge on any atom is -0.330 e. The predicted octanol–water partition coefficient (Wildman–Crippen LogP) is 3.36. The van der Waals surface area contributed by atoms with Gasteiger partial charge in [-0.05, 0) is 37.1 Å². The second-order valence-corrected chi connectivity index (χ2v) is 4.05. The second-order valence-electron chi connectivity index (χ2n) is 3.20. The summed E-state index contributed by atoms with van der Waals surface area (Å²) >= 11 is 3.13. The van der Waals surface area contributed by atoms with Gasteiger partial charge >= 0.3 is 6.18 Å². The Kier molecular flexibility index (Phi) is 4.16. The molecule has 0 aromatic heterocycles. The third-order valence-corrected chi connectivity index (χ3v) is 2.77. The van der Waals surface area contributed by atoms with Gasteiger partial charge in [0.15, 0.2) is 0 Å². The normalized spacial score (nSPS) is 11.8. The lowest BCUT2D eigenvalue weighted by molar-refractivity contribution is -0.137. The number of rotatable bonds is 3. The van der Waals surface area contributed by atoms with Crippen LogP contribution >= 0.6 is 15.9 Å². The number of halogens is 4. The average molecular weight is 282 g/mol. The van der Waals surface area contributed by atoms with E-state index in [0.29, 0.717) is 17.4 Å². The van der Waals surface area contributed by atoms with E-state index in [0.717, 1.165) is 24.1 Å². The van der Waals surface area contributed by atoms with Gasteiger partial charge in [0.2, 0.25) is 0 Å². The molecule has 0 unspecified atom stereocenters. The van der Waals surface area contributed by atoms with E-state index in [1.165, 1.54) is 6.07 Å². The second kappa shape index (κ2) is 4.99. The molecular weight excluding hydrogens is 271 g/mol. The molecule has 15 heavy (non-hydrogen) atoms. The molecular formula is C10H11BrF3N. The molecule has 0 saturated heterocycles. The van der Waals surface area contributed by atoms with E-state index in [4.69, 9.17) is 5.73 Å². The van der Waals surface area contributed by atoms with E-state index in [1.807, 2.05) is 0 Å². The van der Waals surface area contributed by atoms with Crippen molar-refractivity contribution >= 4 is 15.9 Å². The molecule has 84 valence electrons. The zero-order valence-corrected chi connectivity index (χ0v) is 9.53. The molecule has 0 heterocycles. The van der Waals surface area contributed by atoms with Crippen molar-refractivity contribution in [3.63, 3.8) is 0 Å². The molecule has 1 rings (SSSR count). The van der Waals surface area contributed by atoms with Crippen LogP contribution in [0.15, 0.2) is 22.7 Å². The molecule has 1 nitrogen and oxygen atoms in total. The first-order valence-electron chi connectivity index (χ1n) is 4.51. The molecule has 0 saturated carbocycles. The van der Waals surface area contributed by atoms with E-state index < -0.39 is 11.7 Å². The first-order valence-corrected chi connectivity index (χ1v) is 5.30. The van der Waals surface area contributed by atoms with Crippen LogP contribution in [-0.4, -0.2) is 6.54 Å². The summed E-state index contributed by atoms with van der Waals surface area (Å²) in [7, 11) is 0. The maximum Gasteiger partial charge on any atom is 0.416 e. The van der Waals surface area contributed by atoms with E-state index in [2.05, 4.69) is 15.9 Å².